The van der Waals surface area contributed by atoms with Crippen LogP contribution in [-0.2, 0) is 4.74 Å². The maximum Gasteiger partial charge on any atom is 0.351 e. The number of hydrogen-bond donors (Lipinski definition) is 0. The van der Waals surface area contributed by atoms with E-state index in [9.17, 15) is 25.0 Å². The summed E-state index contributed by atoms with van der Waals surface area (Å²) in [5, 5.41) is 35.2. The topological polar surface area (TPSA) is 156 Å². The highest BCUT2D eigenvalue weighted by Gasteiger charge is 2.27. The molecule has 0 atom stereocenters. The molecule has 0 saturated carbocycles. The van der Waals surface area contributed by atoms with E-state index in [1.165, 1.54) is 42.5 Å². The smallest absolute Gasteiger partial charge is 0.351 e. The van der Waals surface area contributed by atoms with Crippen LogP contribution in [-0.4, -0.2) is 36.8 Å². The molecular formula is C23H16N6O6. The van der Waals surface area contributed by atoms with Crippen LogP contribution in [0.5, 0.6) is 0 Å². The second kappa shape index (κ2) is 9.70. The van der Waals surface area contributed by atoms with Gasteiger partial charge >= 0.3 is 5.97 Å². The van der Waals surface area contributed by atoms with Gasteiger partial charge in [0.25, 0.3) is 17.3 Å². The van der Waals surface area contributed by atoms with E-state index in [4.69, 9.17) is 4.74 Å². The van der Waals surface area contributed by atoms with E-state index >= 15 is 0 Å². The zero-order chi connectivity index (χ0) is 24.9. The highest BCUT2D eigenvalue weighted by Crippen LogP contribution is 2.24. The Hall–Kier alpha value is -5.26. The van der Waals surface area contributed by atoms with Crippen molar-refractivity contribution in [1.29, 1.82) is 0 Å². The van der Waals surface area contributed by atoms with Crippen LogP contribution in [0.4, 0.5) is 11.4 Å². The number of ether oxygens (including phenoxy) is 1. The van der Waals surface area contributed by atoms with Crippen molar-refractivity contribution in [3.63, 3.8) is 0 Å². The molecule has 4 rings (SSSR count). The molecule has 1 heterocycles. The molecule has 0 saturated heterocycles. The van der Waals surface area contributed by atoms with Gasteiger partial charge in [0, 0.05) is 17.7 Å². The first-order valence-electron chi connectivity index (χ1n) is 10.1. The fourth-order valence-electron chi connectivity index (χ4n) is 3.26. The zero-order valence-electron chi connectivity index (χ0n) is 18.1. The second-order valence-electron chi connectivity index (χ2n) is 7.12. The number of carbonyl (C=O) groups is 1. The maximum atomic E-state index is 12.9. The van der Waals surface area contributed by atoms with Crippen molar-refractivity contribution in [3.05, 3.63) is 116 Å². The van der Waals surface area contributed by atoms with E-state index in [-0.39, 0.29) is 16.8 Å². The van der Waals surface area contributed by atoms with Crippen molar-refractivity contribution in [2.45, 2.75) is 6.92 Å². The molecule has 0 N–H and O–H groups in total. The predicted molar refractivity (Wildman–Crippen MR) is 124 cm³/mol. The average Bonchev–Trinajstić information content (AvgIpc) is 3.23. The lowest BCUT2D eigenvalue weighted by atomic mass is 10.1. The summed E-state index contributed by atoms with van der Waals surface area (Å²) in [4.78, 5) is 35.6. The quantitative estimate of drug-likeness (QED) is 0.133. The van der Waals surface area contributed by atoms with Gasteiger partial charge < -0.3 is 4.74 Å². The standard InChI is InChI=1S/C23H16N6O6/c1-15-21(16-9-3-2-4-10-16)24-26-27(15)25-22(17-11-5-7-13-19(17)28(31)32)35-23(30)18-12-6-8-14-20(18)29(33)34/h2-14H,1H3/b25-22+. The van der Waals surface area contributed by atoms with Gasteiger partial charge in [-0.1, -0.05) is 54.6 Å². The fourth-order valence-corrected chi connectivity index (χ4v) is 3.26. The maximum absolute atomic E-state index is 12.9. The monoisotopic (exact) mass is 472 g/mol. The Morgan fingerprint density at radius 3 is 2.03 bits per heavy atom. The Labute approximate surface area is 197 Å². The first-order valence-corrected chi connectivity index (χ1v) is 10.1. The molecule has 12 nitrogen and oxygen atoms in total. The minimum atomic E-state index is -1.12. The average molecular weight is 472 g/mol. The van der Waals surface area contributed by atoms with Crippen molar-refractivity contribution in [2.24, 2.45) is 5.10 Å². The second-order valence-corrected chi connectivity index (χ2v) is 7.12. The van der Waals surface area contributed by atoms with Crippen LogP contribution in [0.3, 0.4) is 0 Å². The SMILES string of the molecule is Cc1c(-c2ccccc2)nnn1/N=C(/OC(=O)c1ccccc1[N+](=O)[O-])c1ccccc1[N+](=O)[O-]. The largest absolute Gasteiger partial charge is 0.401 e. The van der Waals surface area contributed by atoms with Crippen LogP contribution in [0.25, 0.3) is 11.3 Å². The number of rotatable bonds is 6. The lowest BCUT2D eigenvalue weighted by Gasteiger charge is -2.09. The van der Waals surface area contributed by atoms with Crippen molar-refractivity contribution < 1.29 is 19.4 Å². The Bertz CT molecular complexity index is 1460. The minimum Gasteiger partial charge on any atom is -0.401 e. The molecule has 4 aromatic rings. The zero-order valence-corrected chi connectivity index (χ0v) is 18.1. The van der Waals surface area contributed by atoms with E-state index in [2.05, 4.69) is 15.4 Å². The third-order valence-corrected chi connectivity index (χ3v) is 4.95. The van der Waals surface area contributed by atoms with E-state index in [0.29, 0.717) is 11.4 Å². The molecule has 0 aliphatic heterocycles. The van der Waals surface area contributed by atoms with Gasteiger partial charge in [0.2, 0.25) is 0 Å². The number of carbonyl (C=O) groups excluding carboxylic acids is 1. The normalized spacial score (nSPS) is 11.2. The molecule has 12 heteroatoms. The third kappa shape index (κ3) is 4.75. The van der Waals surface area contributed by atoms with Gasteiger partial charge in [0.05, 0.1) is 15.5 Å². The number of para-hydroxylation sites is 2. The summed E-state index contributed by atoms with van der Waals surface area (Å²) >= 11 is 0. The van der Waals surface area contributed by atoms with Crippen LogP contribution in [0.15, 0.2) is 84.0 Å². The van der Waals surface area contributed by atoms with Gasteiger partial charge in [-0.05, 0) is 24.3 Å². The molecule has 0 aliphatic rings. The van der Waals surface area contributed by atoms with Gasteiger partial charge in [0.1, 0.15) is 16.8 Å². The number of hydrogen-bond acceptors (Lipinski definition) is 9. The molecule has 0 fully saturated rings. The van der Waals surface area contributed by atoms with E-state index in [1.54, 1.807) is 6.92 Å². The van der Waals surface area contributed by atoms with Crippen molar-refractivity contribution in [3.8, 4) is 11.3 Å². The predicted octanol–water partition coefficient (Wildman–Crippen LogP) is 4.14. The number of esters is 1. The highest BCUT2D eigenvalue weighted by molar-refractivity contribution is 6.08. The summed E-state index contributed by atoms with van der Waals surface area (Å²) in [6.45, 7) is 1.67. The fraction of sp³-hybridized carbons (Fsp3) is 0.0435. The van der Waals surface area contributed by atoms with Gasteiger partial charge in [0.15, 0.2) is 0 Å². The Morgan fingerprint density at radius 2 is 1.40 bits per heavy atom. The van der Waals surface area contributed by atoms with E-state index in [1.807, 2.05) is 30.3 Å². The van der Waals surface area contributed by atoms with Crippen molar-refractivity contribution >= 4 is 23.2 Å². The van der Waals surface area contributed by atoms with Gasteiger partial charge in [-0.15, -0.1) is 15.0 Å². The third-order valence-electron chi connectivity index (χ3n) is 4.95. The van der Waals surface area contributed by atoms with Gasteiger partial charge in [-0.3, -0.25) is 20.2 Å². The molecule has 0 amide bonds. The summed E-state index contributed by atoms with van der Waals surface area (Å²) in [7, 11) is 0. The first kappa shape index (κ1) is 22.9. The van der Waals surface area contributed by atoms with E-state index < -0.39 is 27.4 Å². The molecule has 0 spiro atoms. The molecule has 1 aromatic heterocycles. The molecule has 0 radical (unpaired) electrons. The number of nitro benzene ring substituents is 2. The highest BCUT2D eigenvalue weighted by atomic mass is 16.6. The number of benzene rings is 3. The van der Waals surface area contributed by atoms with Crippen LogP contribution >= 0.6 is 0 Å². The molecule has 0 unspecified atom stereocenters. The van der Waals surface area contributed by atoms with Crippen molar-refractivity contribution in [2.75, 3.05) is 0 Å². The Morgan fingerprint density at radius 1 is 0.857 bits per heavy atom. The van der Waals surface area contributed by atoms with Crippen molar-refractivity contribution in [1.82, 2.24) is 15.1 Å². The van der Waals surface area contributed by atoms with Crippen LogP contribution in [0.2, 0.25) is 0 Å². The molecule has 174 valence electrons. The summed E-state index contributed by atoms with van der Waals surface area (Å²) < 4.78 is 5.39. The molecule has 0 bridgehead atoms. The Balaban J connectivity index is 1.82. The lowest BCUT2D eigenvalue weighted by molar-refractivity contribution is -0.385. The van der Waals surface area contributed by atoms with Gasteiger partial charge in [-0.2, -0.15) is 0 Å². The van der Waals surface area contributed by atoms with Crippen LogP contribution in [0.1, 0.15) is 21.6 Å². The summed E-state index contributed by atoms with van der Waals surface area (Å²) in [6, 6.07) is 19.8. The Kier molecular flexibility index (Phi) is 6.35. The number of nitro groups is 2. The minimum absolute atomic E-state index is 0.124. The van der Waals surface area contributed by atoms with E-state index in [0.717, 1.165) is 16.4 Å². The van der Waals surface area contributed by atoms with Crippen LogP contribution < -0.4 is 0 Å². The number of nitrogens with zero attached hydrogens (tertiary/aromatic N) is 6. The molecule has 35 heavy (non-hydrogen) atoms. The lowest BCUT2D eigenvalue weighted by Crippen LogP contribution is -2.18. The molecule has 3 aromatic carbocycles. The molecular weight excluding hydrogens is 456 g/mol. The summed E-state index contributed by atoms with van der Waals surface area (Å²) in [5.74, 6) is -1.59. The van der Waals surface area contributed by atoms with Gasteiger partial charge in [-0.25, -0.2) is 4.79 Å². The summed E-state index contributed by atoms with van der Waals surface area (Å²) in [6.07, 6.45) is 0. The van der Waals surface area contributed by atoms with Crippen LogP contribution in [0, 0.1) is 27.2 Å². The number of aromatic nitrogens is 3. The first-order chi connectivity index (χ1) is 16.9. The summed E-state index contributed by atoms with van der Waals surface area (Å²) in [5.41, 5.74) is 0.390. The molecule has 0 aliphatic carbocycles.